The van der Waals surface area contributed by atoms with E-state index in [0.29, 0.717) is 5.82 Å². The zero-order valence-electron chi connectivity index (χ0n) is 9.64. The lowest BCUT2D eigenvalue weighted by molar-refractivity contribution is -0.385. The maximum atomic E-state index is 10.5. The Morgan fingerprint density at radius 3 is 2.94 bits per heavy atom. The van der Waals surface area contributed by atoms with Crippen LogP contribution in [0.2, 0.25) is 5.02 Å². The standard InChI is InChI=1S/C10H14ClN3O2S/c1-3-17-6-7(2)13-10-9(11)4-8(5-12-10)14(15)16/h4-5,7H,3,6H2,1-2H3,(H,12,13). The summed E-state index contributed by atoms with van der Waals surface area (Å²) in [5, 5.41) is 13.9. The van der Waals surface area contributed by atoms with Crippen molar-refractivity contribution in [3.05, 3.63) is 27.4 Å². The third-order valence-electron chi connectivity index (χ3n) is 1.99. The van der Waals surface area contributed by atoms with Crippen molar-refractivity contribution < 1.29 is 4.92 Å². The maximum absolute atomic E-state index is 10.5. The molecule has 7 heteroatoms. The van der Waals surface area contributed by atoms with Gasteiger partial charge in [0.05, 0.1) is 9.95 Å². The molecule has 17 heavy (non-hydrogen) atoms. The van der Waals surface area contributed by atoms with Crippen molar-refractivity contribution in [1.82, 2.24) is 4.98 Å². The number of nitrogens with one attached hydrogen (secondary N) is 1. The van der Waals surface area contributed by atoms with Gasteiger partial charge in [0.2, 0.25) is 0 Å². The number of hydrogen-bond acceptors (Lipinski definition) is 5. The summed E-state index contributed by atoms with van der Waals surface area (Å²) in [4.78, 5) is 13.9. The highest BCUT2D eigenvalue weighted by Gasteiger charge is 2.12. The van der Waals surface area contributed by atoms with Gasteiger partial charge in [-0.3, -0.25) is 10.1 Å². The largest absolute Gasteiger partial charge is 0.366 e. The summed E-state index contributed by atoms with van der Waals surface area (Å²) in [5.41, 5.74) is -0.101. The molecule has 0 saturated carbocycles. The van der Waals surface area contributed by atoms with Crippen molar-refractivity contribution in [2.75, 3.05) is 16.8 Å². The molecular weight excluding hydrogens is 262 g/mol. The summed E-state index contributed by atoms with van der Waals surface area (Å²) in [6.07, 6.45) is 1.20. The van der Waals surface area contributed by atoms with Crippen molar-refractivity contribution in [1.29, 1.82) is 0 Å². The Labute approximate surface area is 109 Å². The molecule has 0 aromatic carbocycles. The number of hydrogen-bond donors (Lipinski definition) is 1. The molecule has 0 bridgehead atoms. The predicted molar refractivity (Wildman–Crippen MR) is 72.0 cm³/mol. The third kappa shape index (κ3) is 4.40. The minimum Gasteiger partial charge on any atom is -0.366 e. The average Bonchev–Trinajstić information content (AvgIpc) is 2.28. The lowest BCUT2D eigenvalue weighted by Crippen LogP contribution is -2.19. The number of rotatable bonds is 6. The second kappa shape index (κ2) is 6.66. The minimum atomic E-state index is -0.515. The zero-order valence-corrected chi connectivity index (χ0v) is 11.2. The molecule has 94 valence electrons. The molecule has 1 heterocycles. The SMILES string of the molecule is CCSCC(C)Nc1ncc([N+](=O)[O-])cc1Cl. The molecule has 0 radical (unpaired) electrons. The van der Waals surface area contributed by atoms with Crippen molar-refractivity contribution in [3.8, 4) is 0 Å². The highest BCUT2D eigenvalue weighted by molar-refractivity contribution is 7.99. The topological polar surface area (TPSA) is 68.1 Å². The summed E-state index contributed by atoms with van der Waals surface area (Å²) in [6.45, 7) is 4.11. The highest BCUT2D eigenvalue weighted by atomic mass is 35.5. The van der Waals surface area contributed by atoms with Gasteiger partial charge in [0.15, 0.2) is 0 Å². The van der Waals surface area contributed by atoms with E-state index in [1.807, 2.05) is 18.7 Å². The maximum Gasteiger partial charge on any atom is 0.289 e. The van der Waals surface area contributed by atoms with Crippen LogP contribution in [0.15, 0.2) is 12.3 Å². The van der Waals surface area contributed by atoms with Crippen LogP contribution in [-0.4, -0.2) is 27.5 Å². The van der Waals surface area contributed by atoms with Gasteiger partial charge in [-0.15, -0.1) is 0 Å². The number of nitrogens with zero attached hydrogens (tertiary/aromatic N) is 2. The summed E-state index contributed by atoms with van der Waals surface area (Å²) in [5.74, 6) is 2.47. The van der Waals surface area contributed by atoms with Crippen LogP contribution < -0.4 is 5.32 Å². The lowest BCUT2D eigenvalue weighted by Gasteiger charge is -2.14. The van der Waals surface area contributed by atoms with Crippen molar-refractivity contribution in [2.45, 2.75) is 19.9 Å². The Morgan fingerprint density at radius 2 is 2.41 bits per heavy atom. The molecule has 0 amide bonds. The quantitative estimate of drug-likeness (QED) is 0.638. The monoisotopic (exact) mass is 275 g/mol. The second-order valence-corrected chi connectivity index (χ2v) is 5.21. The fraction of sp³-hybridized carbons (Fsp3) is 0.500. The summed E-state index contributed by atoms with van der Waals surface area (Å²) < 4.78 is 0. The van der Waals surface area contributed by atoms with Crippen LogP contribution in [0.4, 0.5) is 11.5 Å². The molecule has 1 aromatic heterocycles. The first-order valence-electron chi connectivity index (χ1n) is 5.18. The lowest BCUT2D eigenvalue weighted by atomic mass is 10.3. The van der Waals surface area contributed by atoms with Crippen LogP contribution in [0.25, 0.3) is 0 Å². The number of aromatic nitrogens is 1. The number of halogens is 1. The molecule has 1 rings (SSSR count). The van der Waals surface area contributed by atoms with E-state index in [4.69, 9.17) is 11.6 Å². The highest BCUT2D eigenvalue weighted by Crippen LogP contribution is 2.24. The molecule has 1 unspecified atom stereocenters. The van der Waals surface area contributed by atoms with E-state index >= 15 is 0 Å². The normalized spacial score (nSPS) is 12.2. The van der Waals surface area contributed by atoms with Gasteiger partial charge in [0.1, 0.15) is 12.0 Å². The van der Waals surface area contributed by atoms with Crippen molar-refractivity contribution >= 4 is 34.9 Å². The molecule has 1 aromatic rings. The van der Waals surface area contributed by atoms with Crippen LogP contribution in [0.5, 0.6) is 0 Å². The van der Waals surface area contributed by atoms with E-state index in [0.717, 1.165) is 11.5 Å². The number of pyridine rings is 1. The van der Waals surface area contributed by atoms with Gasteiger partial charge < -0.3 is 5.32 Å². The van der Waals surface area contributed by atoms with Crippen LogP contribution >= 0.6 is 23.4 Å². The first-order chi connectivity index (χ1) is 8.04. The second-order valence-electron chi connectivity index (χ2n) is 3.49. The van der Waals surface area contributed by atoms with Gasteiger partial charge >= 0.3 is 0 Å². The van der Waals surface area contributed by atoms with E-state index in [-0.39, 0.29) is 16.8 Å². The molecule has 1 atom stereocenters. The zero-order chi connectivity index (χ0) is 12.8. The van der Waals surface area contributed by atoms with Gasteiger partial charge in [-0.2, -0.15) is 11.8 Å². The fourth-order valence-corrected chi connectivity index (χ4v) is 2.09. The van der Waals surface area contributed by atoms with E-state index in [1.165, 1.54) is 12.3 Å². The Bertz CT molecular complexity index is 403. The van der Waals surface area contributed by atoms with E-state index in [2.05, 4.69) is 17.2 Å². The molecule has 0 fully saturated rings. The smallest absolute Gasteiger partial charge is 0.289 e. The van der Waals surface area contributed by atoms with Crippen molar-refractivity contribution in [3.63, 3.8) is 0 Å². The molecule has 0 saturated heterocycles. The summed E-state index contributed by atoms with van der Waals surface area (Å²) >= 11 is 7.72. The molecular formula is C10H14ClN3O2S. The van der Waals surface area contributed by atoms with Crippen LogP contribution in [0.3, 0.4) is 0 Å². The van der Waals surface area contributed by atoms with Gasteiger partial charge in [-0.1, -0.05) is 18.5 Å². The molecule has 0 aliphatic heterocycles. The van der Waals surface area contributed by atoms with Crippen LogP contribution in [-0.2, 0) is 0 Å². The first kappa shape index (κ1) is 14.1. The molecule has 0 aliphatic rings. The van der Waals surface area contributed by atoms with E-state index < -0.39 is 4.92 Å². The Balaban J connectivity index is 2.69. The molecule has 5 nitrogen and oxygen atoms in total. The summed E-state index contributed by atoms with van der Waals surface area (Å²) in [6, 6.07) is 1.52. The van der Waals surface area contributed by atoms with Gasteiger partial charge in [-0.05, 0) is 12.7 Å². The van der Waals surface area contributed by atoms with Gasteiger partial charge in [0.25, 0.3) is 5.69 Å². The van der Waals surface area contributed by atoms with E-state index in [1.54, 1.807) is 0 Å². The molecule has 1 N–H and O–H groups in total. The first-order valence-corrected chi connectivity index (χ1v) is 6.72. The number of anilines is 1. The van der Waals surface area contributed by atoms with Gasteiger partial charge in [0, 0.05) is 17.9 Å². The Hall–Kier alpha value is -1.01. The number of thioether (sulfide) groups is 1. The average molecular weight is 276 g/mol. The predicted octanol–water partition coefficient (Wildman–Crippen LogP) is 3.20. The fourth-order valence-electron chi connectivity index (χ4n) is 1.20. The molecule has 0 aliphatic carbocycles. The third-order valence-corrected chi connectivity index (χ3v) is 3.42. The van der Waals surface area contributed by atoms with Crippen LogP contribution in [0.1, 0.15) is 13.8 Å². The Morgan fingerprint density at radius 1 is 1.71 bits per heavy atom. The van der Waals surface area contributed by atoms with Crippen LogP contribution in [0, 0.1) is 10.1 Å². The van der Waals surface area contributed by atoms with Crippen molar-refractivity contribution in [2.24, 2.45) is 0 Å². The Kier molecular flexibility index (Phi) is 5.50. The summed E-state index contributed by atoms with van der Waals surface area (Å²) in [7, 11) is 0. The molecule has 0 spiro atoms. The number of nitro groups is 1. The van der Waals surface area contributed by atoms with E-state index in [9.17, 15) is 10.1 Å². The minimum absolute atomic E-state index is 0.101. The van der Waals surface area contributed by atoms with Gasteiger partial charge in [-0.25, -0.2) is 4.98 Å².